The van der Waals surface area contributed by atoms with E-state index >= 15 is 0 Å². The van der Waals surface area contributed by atoms with Gasteiger partial charge in [-0.05, 0) is 24.6 Å². The maximum absolute atomic E-state index is 12.5. The van der Waals surface area contributed by atoms with Crippen LogP contribution in [0, 0.1) is 6.92 Å². The number of nitrogen functional groups attached to an aromatic ring is 1. The first-order valence-corrected chi connectivity index (χ1v) is 5.32. The Kier molecular flexibility index (Phi) is 3.02. The Hall–Kier alpha value is -1.98. The van der Waals surface area contributed by atoms with Crippen molar-refractivity contribution in [2.24, 2.45) is 0 Å². The number of nitrogens with two attached hydrogens (primary N) is 1. The smallest absolute Gasteiger partial charge is 0.384 e. The van der Waals surface area contributed by atoms with Gasteiger partial charge in [-0.25, -0.2) is 4.68 Å². The lowest BCUT2D eigenvalue weighted by Crippen LogP contribution is -2.09. The van der Waals surface area contributed by atoms with Crippen LogP contribution in [0.5, 0.6) is 0 Å². The zero-order valence-corrected chi connectivity index (χ0v) is 9.70. The number of hydrogen-bond acceptors (Lipinski definition) is 2. The standard InChI is InChI=1S/C12H12F3N3/c1-8-6-17-18(11(8)16)7-9-3-2-4-10(5-9)12(13,14)15/h2-6H,7,16H2,1H3. The van der Waals surface area contributed by atoms with Crippen molar-refractivity contribution in [3.05, 3.63) is 47.2 Å². The number of rotatable bonds is 2. The number of hydrogen-bond donors (Lipinski definition) is 1. The number of alkyl halides is 3. The second-order valence-corrected chi connectivity index (χ2v) is 4.07. The zero-order chi connectivity index (χ0) is 13.3. The van der Waals surface area contributed by atoms with Crippen LogP contribution in [0.3, 0.4) is 0 Å². The zero-order valence-electron chi connectivity index (χ0n) is 9.70. The van der Waals surface area contributed by atoms with Gasteiger partial charge in [0.25, 0.3) is 0 Å². The van der Waals surface area contributed by atoms with E-state index in [1.54, 1.807) is 19.2 Å². The summed E-state index contributed by atoms with van der Waals surface area (Å²) < 4.78 is 39.1. The lowest BCUT2D eigenvalue weighted by Gasteiger charge is -2.09. The molecule has 6 heteroatoms. The highest BCUT2D eigenvalue weighted by Crippen LogP contribution is 2.29. The van der Waals surface area contributed by atoms with Gasteiger partial charge in [-0.15, -0.1) is 0 Å². The summed E-state index contributed by atoms with van der Waals surface area (Å²) in [6, 6.07) is 5.15. The highest BCUT2D eigenvalue weighted by atomic mass is 19.4. The number of halogens is 3. The van der Waals surface area contributed by atoms with Gasteiger partial charge in [-0.3, -0.25) is 0 Å². The monoisotopic (exact) mass is 255 g/mol. The van der Waals surface area contributed by atoms with Crippen LogP contribution >= 0.6 is 0 Å². The van der Waals surface area contributed by atoms with Crippen molar-refractivity contribution < 1.29 is 13.2 Å². The molecule has 0 saturated heterocycles. The molecule has 1 aromatic carbocycles. The summed E-state index contributed by atoms with van der Waals surface area (Å²) >= 11 is 0. The van der Waals surface area contributed by atoms with Crippen molar-refractivity contribution in [2.75, 3.05) is 5.73 Å². The summed E-state index contributed by atoms with van der Waals surface area (Å²) in [5, 5.41) is 4.01. The molecule has 1 aromatic heterocycles. The largest absolute Gasteiger partial charge is 0.416 e. The Bertz CT molecular complexity index is 558. The van der Waals surface area contributed by atoms with E-state index in [-0.39, 0.29) is 6.54 Å². The van der Waals surface area contributed by atoms with Crippen molar-refractivity contribution in [2.45, 2.75) is 19.6 Å². The van der Waals surface area contributed by atoms with Crippen molar-refractivity contribution in [3.63, 3.8) is 0 Å². The van der Waals surface area contributed by atoms with Gasteiger partial charge in [0, 0.05) is 5.56 Å². The number of nitrogens with zero attached hydrogens (tertiary/aromatic N) is 2. The predicted octanol–water partition coefficient (Wildman–Crippen LogP) is 2.84. The Morgan fingerprint density at radius 3 is 2.61 bits per heavy atom. The van der Waals surface area contributed by atoms with Gasteiger partial charge >= 0.3 is 6.18 Å². The minimum absolute atomic E-state index is 0.226. The van der Waals surface area contributed by atoms with E-state index in [0.29, 0.717) is 11.4 Å². The second-order valence-electron chi connectivity index (χ2n) is 4.07. The number of aromatic nitrogens is 2. The molecule has 2 N–H and O–H groups in total. The first-order chi connectivity index (χ1) is 8.38. The van der Waals surface area contributed by atoms with Crippen LogP contribution in [-0.2, 0) is 12.7 Å². The Morgan fingerprint density at radius 2 is 2.06 bits per heavy atom. The first kappa shape index (κ1) is 12.5. The summed E-state index contributed by atoms with van der Waals surface area (Å²) in [5.74, 6) is 0.465. The molecule has 18 heavy (non-hydrogen) atoms. The molecule has 0 atom stereocenters. The predicted molar refractivity (Wildman–Crippen MR) is 61.9 cm³/mol. The summed E-state index contributed by atoms with van der Waals surface area (Å²) in [5.41, 5.74) is 6.41. The fourth-order valence-electron chi connectivity index (χ4n) is 1.63. The van der Waals surface area contributed by atoms with Gasteiger partial charge < -0.3 is 5.73 Å². The number of aryl methyl sites for hydroxylation is 1. The molecule has 0 fully saturated rings. The van der Waals surface area contributed by atoms with Crippen LogP contribution in [0.4, 0.5) is 19.0 Å². The maximum Gasteiger partial charge on any atom is 0.416 e. The molecule has 3 nitrogen and oxygen atoms in total. The van der Waals surface area contributed by atoms with E-state index in [9.17, 15) is 13.2 Å². The maximum atomic E-state index is 12.5. The molecule has 0 spiro atoms. The molecule has 0 amide bonds. The first-order valence-electron chi connectivity index (χ1n) is 5.32. The van der Waals surface area contributed by atoms with Gasteiger partial charge in [0.2, 0.25) is 0 Å². The normalized spacial score (nSPS) is 11.8. The van der Waals surface area contributed by atoms with Crippen LogP contribution < -0.4 is 5.73 Å². The number of benzene rings is 1. The lowest BCUT2D eigenvalue weighted by atomic mass is 10.1. The van der Waals surface area contributed by atoms with E-state index in [2.05, 4.69) is 5.10 Å². The molecule has 0 aliphatic rings. The second kappa shape index (κ2) is 4.36. The third-order valence-corrected chi connectivity index (χ3v) is 2.66. The van der Waals surface area contributed by atoms with Crippen molar-refractivity contribution in [1.82, 2.24) is 9.78 Å². The molecule has 1 heterocycles. The Labute approximate surface area is 102 Å². The summed E-state index contributed by atoms with van der Waals surface area (Å²) in [6.07, 6.45) is -2.75. The molecule has 0 aliphatic heterocycles. The molecule has 0 bridgehead atoms. The van der Waals surface area contributed by atoms with Gasteiger partial charge in [-0.2, -0.15) is 18.3 Å². The van der Waals surface area contributed by atoms with Gasteiger partial charge in [0.05, 0.1) is 18.3 Å². The average molecular weight is 255 g/mol. The molecule has 0 aliphatic carbocycles. The van der Waals surface area contributed by atoms with Crippen molar-refractivity contribution in [3.8, 4) is 0 Å². The van der Waals surface area contributed by atoms with Crippen molar-refractivity contribution >= 4 is 5.82 Å². The van der Waals surface area contributed by atoms with E-state index < -0.39 is 11.7 Å². The molecule has 0 radical (unpaired) electrons. The SMILES string of the molecule is Cc1cnn(Cc2cccc(C(F)(F)F)c2)c1N. The van der Waals surface area contributed by atoms with Gasteiger partial charge in [0.15, 0.2) is 0 Å². The van der Waals surface area contributed by atoms with Crippen LogP contribution in [-0.4, -0.2) is 9.78 Å². The highest BCUT2D eigenvalue weighted by Gasteiger charge is 2.30. The van der Waals surface area contributed by atoms with Crippen LogP contribution in [0.15, 0.2) is 30.5 Å². The van der Waals surface area contributed by atoms with Crippen LogP contribution in [0.1, 0.15) is 16.7 Å². The third-order valence-electron chi connectivity index (χ3n) is 2.66. The highest BCUT2D eigenvalue weighted by molar-refractivity contribution is 5.38. The molecule has 0 saturated carbocycles. The van der Waals surface area contributed by atoms with E-state index in [1.807, 2.05) is 0 Å². The van der Waals surface area contributed by atoms with Gasteiger partial charge in [-0.1, -0.05) is 12.1 Å². The van der Waals surface area contributed by atoms with Crippen LogP contribution in [0.2, 0.25) is 0 Å². The van der Waals surface area contributed by atoms with Gasteiger partial charge in [0.1, 0.15) is 5.82 Å². The fraction of sp³-hybridized carbons (Fsp3) is 0.250. The molecular weight excluding hydrogens is 243 g/mol. The molecule has 2 aromatic rings. The topological polar surface area (TPSA) is 43.8 Å². The Morgan fingerprint density at radius 1 is 1.33 bits per heavy atom. The van der Waals surface area contributed by atoms with E-state index in [0.717, 1.165) is 17.7 Å². The minimum Gasteiger partial charge on any atom is -0.384 e. The number of anilines is 1. The molecule has 0 unspecified atom stereocenters. The Balaban J connectivity index is 2.28. The summed E-state index contributed by atoms with van der Waals surface area (Å²) in [4.78, 5) is 0. The lowest BCUT2D eigenvalue weighted by molar-refractivity contribution is -0.137. The average Bonchev–Trinajstić information content (AvgIpc) is 2.60. The van der Waals surface area contributed by atoms with Crippen molar-refractivity contribution in [1.29, 1.82) is 0 Å². The summed E-state index contributed by atoms with van der Waals surface area (Å²) in [7, 11) is 0. The van der Waals surface area contributed by atoms with E-state index in [1.165, 1.54) is 10.7 Å². The molecular formula is C12H12F3N3. The van der Waals surface area contributed by atoms with Crippen LogP contribution in [0.25, 0.3) is 0 Å². The summed E-state index contributed by atoms with van der Waals surface area (Å²) in [6.45, 7) is 2.02. The quantitative estimate of drug-likeness (QED) is 0.896. The van der Waals surface area contributed by atoms with E-state index in [4.69, 9.17) is 5.73 Å². The molecule has 2 rings (SSSR count). The molecule has 96 valence electrons. The fourth-order valence-corrected chi connectivity index (χ4v) is 1.63. The third kappa shape index (κ3) is 2.47. The minimum atomic E-state index is -4.33.